The van der Waals surface area contributed by atoms with Gasteiger partial charge in [0, 0.05) is 30.4 Å². The van der Waals surface area contributed by atoms with Crippen molar-refractivity contribution < 1.29 is 9.59 Å². The molecule has 3 N–H and O–H groups in total. The van der Waals surface area contributed by atoms with Crippen molar-refractivity contribution in [3.05, 3.63) is 77.0 Å². The number of nitrogens with one attached hydrogen (secondary N) is 3. The van der Waals surface area contributed by atoms with Gasteiger partial charge in [-0.2, -0.15) is 0 Å². The molecule has 1 aromatic heterocycles. The fraction of sp³-hybridized carbons (Fsp3) is 0.269. The van der Waals surface area contributed by atoms with Gasteiger partial charge in [0.1, 0.15) is 0 Å². The van der Waals surface area contributed by atoms with Gasteiger partial charge in [-0.25, -0.2) is 9.97 Å². The maximum absolute atomic E-state index is 11.8. The van der Waals surface area contributed by atoms with Gasteiger partial charge in [0.25, 0.3) is 11.1 Å². The molecule has 1 saturated carbocycles. The Labute approximate surface area is 209 Å². The predicted molar refractivity (Wildman–Crippen MR) is 142 cm³/mol. The Morgan fingerprint density at radius 1 is 1.20 bits per heavy atom. The van der Waals surface area contributed by atoms with Gasteiger partial charge in [-0.1, -0.05) is 30.9 Å². The van der Waals surface area contributed by atoms with Crippen LogP contribution in [0.1, 0.15) is 42.5 Å². The Balaban J connectivity index is 1.27. The number of anilines is 1. The third kappa shape index (κ3) is 6.74. The molecule has 4 rings (SSSR count). The van der Waals surface area contributed by atoms with Crippen molar-refractivity contribution in [2.45, 2.75) is 44.3 Å². The fourth-order valence-electron chi connectivity index (χ4n) is 4.16. The minimum atomic E-state index is -0.392. The first-order valence-electron chi connectivity index (χ1n) is 11.5. The summed E-state index contributed by atoms with van der Waals surface area (Å²) >= 11 is 0.878. The summed E-state index contributed by atoms with van der Waals surface area (Å²) in [4.78, 5) is 36.3. The van der Waals surface area contributed by atoms with E-state index in [1.165, 1.54) is 5.56 Å². The van der Waals surface area contributed by atoms with E-state index in [4.69, 9.17) is 0 Å². The lowest BCUT2D eigenvalue weighted by Crippen LogP contribution is -2.36. The smallest absolute Gasteiger partial charge is 0.290 e. The zero-order valence-electron chi connectivity index (χ0n) is 19.4. The molecule has 0 bridgehead atoms. The third-order valence-corrected chi connectivity index (χ3v) is 6.73. The third-order valence-electron chi connectivity index (χ3n) is 5.92. The molecule has 0 atom stereocenters. The largest absolute Gasteiger partial charge is 0.351 e. The van der Waals surface area contributed by atoms with E-state index in [9.17, 15) is 9.59 Å². The lowest BCUT2D eigenvalue weighted by Gasteiger charge is -2.30. The van der Waals surface area contributed by atoms with E-state index in [-0.39, 0.29) is 11.3 Å². The van der Waals surface area contributed by atoms with Crippen LogP contribution in [-0.2, 0) is 11.3 Å². The van der Waals surface area contributed by atoms with Gasteiger partial charge in [0.05, 0.1) is 16.3 Å². The molecule has 35 heavy (non-hydrogen) atoms. The predicted octanol–water partition coefficient (Wildman–Crippen LogP) is 4.54. The number of imide groups is 1. The summed E-state index contributed by atoms with van der Waals surface area (Å²) in [7, 11) is 0. The summed E-state index contributed by atoms with van der Waals surface area (Å²) in [6.07, 6.45) is 10.9. The van der Waals surface area contributed by atoms with Gasteiger partial charge in [0.15, 0.2) is 0 Å². The fourth-order valence-corrected chi connectivity index (χ4v) is 4.82. The SMILES string of the molecule is C=C/C=C(\N=C)c1cccc(CN[C@H]2CC[C@H](Nc3nccc(/C=C4\SC(=O)NC4=O)n3)CC2)c1. The highest BCUT2D eigenvalue weighted by Crippen LogP contribution is 2.26. The van der Waals surface area contributed by atoms with Crippen LogP contribution >= 0.6 is 11.8 Å². The lowest BCUT2D eigenvalue weighted by atomic mass is 9.91. The molecule has 1 aliphatic carbocycles. The molecule has 1 saturated heterocycles. The highest BCUT2D eigenvalue weighted by Gasteiger charge is 2.25. The van der Waals surface area contributed by atoms with Crippen molar-refractivity contribution in [1.82, 2.24) is 20.6 Å². The molecular formula is C26H28N6O2S. The van der Waals surface area contributed by atoms with Crippen LogP contribution in [0.25, 0.3) is 11.8 Å². The van der Waals surface area contributed by atoms with Crippen LogP contribution in [0.15, 0.2) is 65.2 Å². The number of nitrogens with zero attached hydrogens (tertiary/aromatic N) is 3. The second-order valence-electron chi connectivity index (χ2n) is 8.38. The number of hydrogen-bond donors (Lipinski definition) is 3. The monoisotopic (exact) mass is 488 g/mol. The van der Waals surface area contributed by atoms with Crippen molar-refractivity contribution in [3.8, 4) is 0 Å². The summed E-state index contributed by atoms with van der Waals surface area (Å²) in [6, 6.07) is 10.8. The summed E-state index contributed by atoms with van der Waals surface area (Å²) in [5, 5.41) is 8.97. The maximum atomic E-state index is 11.8. The molecule has 1 aromatic carbocycles. The van der Waals surface area contributed by atoms with Crippen molar-refractivity contribution in [3.63, 3.8) is 0 Å². The number of aromatic nitrogens is 2. The minimum absolute atomic E-state index is 0.287. The number of rotatable bonds is 9. The molecule has 2 aliphatic rings. The Kier molecular flexibility index (Phi) is 8.23. The summed E-state index contributed by atoms with van der Waals surface area (Å²) in [6.45, 7) is 8.18. The van der Waals surface area contributed by atoms with Crippen LogP contribution in [0.2, 0.25) is 0 Å². The van der Waals surface area contributed by atoms with Gasteiger partial charge in [-0.3, -0.25) is 19.9 Å². The first-order chi connectivity index (χ1) is 17.0. The van der Waals surface area contributed by atoms with Gasteiger partial charge in [-0.15, -0.1) is 0 Å². The molecule has 2 amide bonds. The quantitative estimate of drug-likeness (QED) is 0.270. The molecule has 2 heterocycles. The highest BCUT2D eigenvalue weighted by molar-refractivity contribution is 8.18. The van der Waals surface area contributed by atoms with Crippen LogP contribution in [0.4, 0.5) is 10.7 Å². The number of hydrogen-bond acceptors (Lipinski definition) is 8. The second-order valence-corrected chi connectivity index (χ2v) is 9.39. The van der Waals surface area contributed by atoms with E-state index in [1.54, 1.807) is 24.4 Å². The zero-order valence-corrected chi connectivity index (χ0v) is 20.2. The lowest BCUT2D eigenvalue weighted by molar-refractivity contribution is -0.115. The normalized spacial score (nSPS) is 21.6. The average molecular weight is 489 g/mol. The van der Waals surface area contributed by atoms with E-state index >= 15 is 0 Å². The standard InChI is InChI=1S/C26H28N6O2S/c1-3-5-22(27-2)18-7-4-6-17(14-18)16-29-19-8-10-20(11-9-19)30-25-28-13-12-21(31-25)15-23-24(33)32-26(34)35-23/h3-7,12-15,19-20,29H,1-2,8-11,16H2,(H,28,30,31)(H,32,33,34)/b22-5-,23-15-/t19-,20-. The Bertz CT molecular complexity index is 1180. The molecule has 180 valence electrons. The Morgan fingerprint density at radius 2 is 2.00 bits per heavy atom. The van der Waals surface area contributed by atoms with E-state index in [2.05, 4.69) is 56.3 Å². The summed E-state index contributed by atoms with van der Waals surface area (Å²) in [5.74, 6) is 0.137. The van der Waals surface area contributed by atoms with Crippen LogP contribution in [0.3, 0.4) is 0 Å². The van der Waals surface area contributed by atoms with Crippen LogP contribution in [0, 0.1) is 0 Å². The number of benzene rings is 1. The van der Waals surface area contributed by atoms with E-state index < -0.39 is 5.91 Å². The molecule has 2 aromatic rings. The van der Waals surface area contributed by atoms with Gasteiger partial charge < -0.3 is 10.6 Å². The van der Waals surface area contributed by atoms with Crippen molar-refractivity contribution >= 4 is 47.3 Å². The molecule has 0 radical (unpaired) electrons. The zero-order chi connectivity index (χ0) is 24.6. The Hall–Kier alpha value is -3.56. The Morgan fingerprint density at radius 3 is 2.71 bits per heavy atom. The number of aliphatic imine (C=N–C) groups is 1. The molecule has 8 nitrogen and oxygen atoms in total. The van der Waals surface area contributed by atoms with Gasteiger partial charge >= 0.3 is 0 Å². The molecular weight excluding hydrogens is 460 g/mol. The topological polar surface area (TPSA) is 108 Å². The minimum Gasteiger partial charge on any atom is -0.351 e. The van der Waals surface area contributed by atoms with Crippen LogP contribution in [-0.4, -0.2) is 39.9 Å². The number of carbonyl (C=O) groups excluding carboxylic acids is 2. The molecule has 1 aliphatic heterocycles. The molecule has 0 spiro atoms. The number of amides is 2. The average Bonchev–Trinajstić information content (AvgIpc) is 3.18. The van der Waals surface area contributed by atoms with Gasteiger partial charge in [-0.05, 0) is 74.0 Å². The van der Waals surface area contributed by atoms with Gasteiger partial charge in [0.2, 0.25) is 5.95 Å². The van der Waals surface area contributed by atoms with E-state index in [1.807, 2.05) is 18.2 Å². The van der Waals surface area contributed by atoms with Crippen LogP contribution < -0.4 is 16.0 Å². The molecule has 2 fully saturated rings. The van der Waals surface area contributed by atoms with Crippen molar-refractivity contribution in [2.75, 3.05) is 5.32 Å². The summed E-state index contributed by atoms with van der Waals surface area (Å²) in [5.41, 5.74) is 3.64. The second kappa shape index (κ2) is 11.7. The number of allylic oxidation sites excluding steroid dienone is 2. The van der Waals surface area contributed by atoms with Crippen LogP contribution in [0.5, 0.6) is 0 Å². The van der Waals surface area contributed by atoms with Crippen molar-refractivity contribution in [1.29, 1.82) is 0 Å². The highest BCUT2D eigenvalue weighted by atomic mass is 32.2. The van der Waals surface area contributed by atoms with E-state index in [0.29, 0.717) is 22.6 Å². The molecule has 0 unspecified atom stereocenters. The van der Waals surface area contributed by atoms with Crippen molar-refractivity contribution in [2.24, 2.45) is 4.99 Å². The maximum Gasteiger partial charge on any atom is 0.290 e. The molecule has 9 heteroatoms. The summed E-state index contributed by atoms with van der Waals surface area (Å²) < 4.78 is 0. The van der Waals surface area contributed by atoms with E-state index in [0.717, 1.165) is 55.3 Å². The first kappa shape index (κ1) is 24.6. The first-order valence-corrected chi connectivity index (χ1v) is 12.3. The number of thioether (sulfide) groups is 1. The number of carbonyl (C=O) groups is 2.